The molecule has 4 fully saturated rings. The standard InChI is InChI=1S/C15H21NO6Si/c1-15-3-2-11(10-12(15)13(17)22-14(15)18)23-19-7-4-16(5-8-20-23)6-9-21-23/h2,12H,3-10H2,1H3/t12-,15-/m0/s1. The lowest BCUT2D eigenvalue weighted by molar-refractivity contribution is -0.155. The topological polar surface area (TPSA) is 74.3 Å². The van der Waals surface area contributed by atoms with Crippen LogP contribution in [-0.4, -0.2) is 65.1 Å². The molecule has 2 atom stereocenters. The lowest BCUT2D eigenvalue weighted by Gasteiger charge is -2.41. The molecule has 7 nitrogen and oxygen atoms in total. The number of fused-ring (bicyclic) bond motifs is 7. The highest BCUT2D eigenvalue weighted by Crippen LogP contribution is 2.48. The summed E-state index contributed by atoms with van der Waals surface area (Å²) in [5, 5.41) is 0.932. The monoisotopic (exact) mass is 339 g/mol. The lowest BCUT2D eigenvalue weighted by Crippen LogP contribution is -2.57. The highest BCUT2D eigenvalue weighted by Gasteiger charge is 2.59. The molecule has 4 aliphatic heterocycles. The van der Waals surface area contributed by atoms with E-state index in [0.29, 0.717) is 32.7 Å². The van der Waals surface area contributed by atoms with Crippen LogP contribution in [0.1, 0.15) is 19.8 Å². The van der Waals surface area contributed by atoms with Crippen LogP contribution in [0.15, 0.2) is 11.3 Å². The maximum atomic E-state index is 12.1. The highest BCUT2D eigenvalue weighted by atomic mass is 28.4. The summed E-state index contributed by atoms with van der Waals surface area (Å²) in [4.78, 5) is 26.3. The van der Waals surface area contributed by atoms with Crippen molar-refractivity contribution in [2.75, 3.05) is 39.5 Å². The zero-order chi connectivity index (χ0) is 16.1. The van der Waals surface area contributed by atoms with E-state index in [1.54, 1.807) is 6.92 Å². The van der Waals surface area contributed by atoms with Gasteiger partial charge >= 0.3 is 20.7 Å². The van der Waals surface area contributed by atoms with Crippen molar-refractivity contribution in [2.45, 2.75) is 19.8 Å². The predicted molar refractivity (Wildman–Crippen MR) is 80.1 cm³/mol. The molecule has 4 saturated heterocycles. The number of hydrogen-bond donors (Lipinski definition) is 0. The summed E-state index contributed by atoms with van der Waals surface area (Å²) in [7, 11) is -2.96. The van der Waals surface area contributed by atoms with Gasteiger partial charge in [0.15, 0.2) is 0 Å². The maximum Gasteiger partial charge on any atom is 0.532 e. The summed E-state index contributed by atoms with van der Waals surface area (Å²) in [5.41, 5.74) is -0.758. The number of rotatable bonds is 1. The molecule has 4 heterocycles. The minimum Gasteiger partial charge on any atom is -0.392 e. The van der Waals surface area contributed by atoms with E-state index in [2.05, 4.69) is 4.90 Å². The normalized spacial score (nSPS) is 44.0. The third kappa shape index (κ3) is 2.40. The second kappa shape index (κ2) is 5.49. The van der Waals surface area contributed by atoms with E-state index in [-0.39, 0.29) is 0 Å². The van der Waals surface area contributed by atoms with Crippen LogP contribution in [0, 0.1) is 11.3 Å². The molecule has 1 aliphatic carbocycles. The molecule has 0 N–H and O–H groups in total. The predicted octanol–water partition coefficient (Wildman–Crippen LogP) is 0.270. The molecule has 0 unspecified atom stereocenters. The van der Waals surface area contributed by atoms with Gasteiger partial charge in [0.1, 0.15) is 0 Å². The van der Waals surface area contributed by atoms with Gasteiger partial charge < -0.3 is 18.0 Å². The summed E-state index contributed by atoms with van der Waals surface area (Å²) >= 11 is 0. The highest BCUT2D eigenvalue weighted by molar-refractivity contribution is 6.69. The Labute approximate surface area is 135 Å². The van der Waals surface area contributed by atoms with Gasteiger partial charge in [-0.2, -0.15) is 0 Å². The number of ether oxygens (including phenoxy) is 1. The van der Waals surface area contributed by atoms with E-state index in [9.17, 15) is 9.59 Å². The molecule has 0 spiro atoms. The first kappa shape index (κ1) is 15.5. The molecule has 0 aromatic carbocycles. The smallest absolute Gasteiger partial charge is 0.392 e. The van der Waals surface area contributed by atoms with E-state index in [0.717, 1.165) is 24.8 Å². The van der Waals surface area contributed by atoms with Gasteiger partial charge in [0.2, 0.25) is 0 Å². The fourth-order valence-electron chi connectivity index (χ4n) is 3.77. The lowest BCUT2D eigenvalue weighted by atomic mass is 9.72. The van der Waals surface area contributed by atoms with Crippen molar-refractivity contribution in [3.8, 4) is 0 Å². The number of allylic oxidation sites excluding steroid dienone is 2. The Morgan fingerprint density at radius 1 is 1.13 bits per heavy atom. The minimum atomic E-state index is -2.96. The molecule has 5 aliphatic rings. The van der Waals surface area contributed by atoms with Crippen molar-refractivity contribution in [1.82, 2.24) is 4.90 Å². The maximum absolute atomic E-state index is 12.1. The van der Waals surface area contributed by atoms with Crippen LogP contribution in [0.5, 0.6) is 0 Å². The zero-order valence-electron chi connectivity index (χ0n) is 13.2. The Bertz CT molecular complexity index is 552. The first-order valence-electron chi connectivity index (χ1n) is 8.13. The Hall–Kier alpha value is -1.06. The fraction of sp³-hybridized carbons (Fsp3) is 0.733. The van der Waals surface area contributed by atoms with E-state index in [1.807, 2.05) is 6.08 Å². The largest absolute Gasteiger partial charge is 0.532 e. The Kier molecular flexibility index (Phi) is 3.69. The molecule has 2 bridgehead atoms. The molecule has 5 rings (SSSR count). The third-order valence-electron chi connectivity index (χ3n) is 5.40. The van der Waals surface area contributed by atoms with Gasteiger partial charge in [-0.15, -0.1) is 0 Å². The summed E-state index contributed by atoms with van der Waals surface area (Å²) in [5.74, 6) is -1.31. The SMILES string of the molecule is C[C@]12CC=C([Si]34OCCN(CCO3)CCO4)C[C@H]1C(=O)OC2=O. The molecular weight excluding hydrogens is 318 g/mol. The summed E-state index contributed by atoms with van der Waals surface area (Å²) in [6, 6.07) is 0. The zero-order valence-corrected chi connectivity index (χ0v) is 14.2. The first-order valence-corrected chi connectivity index (χ1v) is 9.86. The van der Waals surface area contributed by atoms with Gasteiger partial charge in [-0.05, 0) is 25.0 Å². The number of carbonyl (C=O) groups is 2. The van der Waals surface area contributed by atoms with E-state index >= 15 is 0 Å². The van der Waals surface area contributed by atoms with Crippen LogP contribution >= 0.6 is 0 Å². The van der Waals surface area contributed by atoms with Gasteiger partial charge in [0.05, 0.1) is 31.2 Å². The van der Waals surface area contributed by atoms with Crippen LogP contribution in [0.25, 0.3) is 0 Å². The van der Waals surface area contributed by atoms with Gasteiger partial charge in [0, 0.05) is 19.6 Å². The van der Waals surface area contributed by atoms with E-state index in [4.69, 9.17) is 18.0 Å². The summed E-state index contributed by atoms with van der Waals surface area (Å²) in [6.07, 6.45) is 2.88. The number of esters is 2. The van der Waals surface area contributed by atoms with Gasteiger partial charge in [-0.25, -0.2) is 0 Å². The quantitative estimate of drug-likeness (QED) is 0.386. The van der Waals surface area contributed by atoms with Crippen LogP contribution < -0.4 is 0 Å². The van der Waals surface area contributed by atoms with Crippen molar-refractivity contribution in [2.24, 2.45) is 11.3 Å². The Balaban J connectivity index is 1.64. The molecule has 8 heteroatoms. The molecule has 126 valence electrons. The van der Waals surface area contributed by atoms with Crippen molar-refractivity contribution >= 4 is 20.7 Å². The second-order valence-electron chi connectivity index (χ2n) is 6.76. The number of carbonyl (C=O) groups excluding carboxylic acids is 2. The number of cyclic esters (lactones) is 2. The number of hydrogen-bond acceptors (Lipinski definition) is 7. The molecule has 23 heavy (non-hydrogen) atoms. The van der Waals surface area contributed by atoms with Gasteiger partial charge in [0.25, 0.3) is 0 Å². The Morgan fingerprint density at radius 2 is 1.74 bits per heavy atom. The van der Waals surface area contributed by atoms with Crippen molar-refractivity contribution in [1.29, 1.82) is 0 Å². The van der Waals surface area contributed by atoms with Crippen LogP contribution in [0.2, 0.25) is 0 Å². The molecular formula is C15H21NO6Si. The molecule has 0 radical (unpaired) electrons. The molecule has 0 aromatic heterocycles. The second-order valence-corrected chi connectivity index (χ2v) is 9.38. The van der Waals surface area contributed by atoms with Crippen LogP contribution in [-0.2, 0) is 27.6 Å². The third-order valence-corrected chi connectivity index (χ3v) is 8.35. The minimum absolute atomic E-state index is 0.421. The van der Waals surface area contributed by atoms with Crippen molar-refractivity contribution in [3.63, 3.8) is 0 Å². The van der Waals surface area contributed by atoms with Crippen LogP contribution in [0.4, 0.5) is 0 Å². The van der Waals surface area contributed by atoms with Crippen molar-refractivity contribution < 1.29 is 27.6 Å². The average molecular weight is 339 g/mol. The fourth-order valence-corrected chi connectivity index (χ4v) is 6.46. The van der Waals surface area contributed by atoms with Gasteiger partial charge in [-0.3, -0.25) is 14.5 Å². The van der Waals surface area contributed by atoms with E-state index < -0.39 is 32.1 Å². The van der Waals surface area contributed by atoms with Crippen molar-refractivity contribution in [3.05, 3.63) is 11.3 Å². The molecule has 0 saturated carbocycles. The first-order chi connectivity index (χ1) is 11.0. The summed E-state index contributed by atoms with van der Waals surface area (Å²) < 4.78 is 23.1. The molecule has 0 amide bonds. The Morgan fingerprint density at radius 3 is 2.35 bits per heavy atom. The average Bonchev–Trinajstić information content (AvgIpc) is 2.68. The van der Waals surface area contributed by atoms with E-state index in [1.165, 1.54) is 0 Å². The van der Waals surface area contributed by atoms with Crippen LogP contribution in [0.3, 0.4) is 0 Å². The van der Waals surface area contributed by atoms with Gasteiger partial charge in [-0.1, -0.05) is 6.08 Å². The number of nitrogens with zero attached hydrogens (tertiary/aromatic N) is 1. The summed E-state index contributed by atoms with van der Waals surface area (Å²) in [6.45, 7) is 6.11. The molecule has 0 aromatic rings.